The Hall–Kier alpha value is -2.03. The molecule has 0 saturated carbocycles. The molecule has 2 atom stereocenters. The standard InChI is InChI=1S/C18H20BrF3N4O/c1-10(2)8-23-17(27)13-9-24-26-15(18(20,21)22)7-14(25-16(13)26)11-3-5-12(19)6-4-11/h3-6,9-10,14-15,25H,7-8H2,1-2H3,(H,23,27)/t14-,15-/m0/s1. The van der Waals surface area contributed by atoms with E-state index < -0.39 is 24.2 Å². The van der Waals surface area contributed by atoms with Crippen molar-refractivity contribution in [2.45, 2.75) is 38.5 Å². The molecule has 3 rings (SSSR count). The molecule has 5 nitrogen and oxygen atoms in total. The molecule has 1 aromatic heterocycles. The maximum absolute atomic E-state index is 13.6. The van der Waals surface area contributed by atoms with Crippen LogP contribution in [0.4, 0.5) is 19.0 Å². The summed E-state index contributed by atoms with van der Waals surface area (Å²) >= 11 is 3.32. The Kier molecular flexibility index (Phi) is 5.50. The predicted molar refractivity (Wildman–Crippen MR) is 99.6 cm³/mol. The summed E-state index contributed by atoms with van der Waals surface area (Å²) in [6.45, 7) is 4.31. The summed E-state index contributed by atoms with van der Waals surface area (Å²) in [7, 11) is 0. The minimum atomic E-state index is -4.47. The number of carbonyl (C=O) groups is 1. The van der Waals surface area contributed by atoms with Crippen molar-refractivity contribution in [3.63, 3.8) is 0 Å². The van der Waals surface area contributed by atoms with E-state index in [9.17, 15) is 18.0 Å². The lowest BCUT2D eigenvalue weighted by Crippen LogP contribution is -2.36. The minimum absolute atomic E-state index is 0.0951. The zero-order valence-corrected chi connectivity index (χ0v) is 16.4. The molecule has 9 heteroatoms. The first-order chi connectivity index (χ1) is 12.7. The second-order valence-electron chi connectivity index (χ2n) is 7.00. The zero-order chi connectivity index (χ0) is 19.8. The van der Waals surface area contributed by atoms with E-state index in [4.69, 9.17) is 0 Å². The SMILES string of the molecule is CC(C)CNC(=O)c1cnn2c1N[C@H](c1ccc(Br)cc1)C[C@H]2C(F)(F)F. The average Bonchev–Trinajstić information content (AvgIpc) is 3.02. The molecular formula is C18H20BrF3N4O. The third-order valence-corrected chi connectivity index (χ3v) is 4.95. The molecule has 2 N–H and O–H groups in total. The van der Waals surface area contributed by atoms with Crippen LogP contribution in [0.3, 0.4) is 0 Å². The number of nitrogens with zero attached hydrogens (tertiary/aromatic N) is 2. The second-order valence-corrected chi connectivity index (χ2v) is 7.91. The Bertz CT molecular complexity index is 817. The summed E-state index contributed by atoms with van der Waals surface area (Å²) in [6, 6.07) is 4.71. The summed E-state index contributed by atoms with van der Waals surface area (Å²) in [5, 5.41) is 9.67. The molecule has 146 valence electrons. The number of aromatic nitrogens is 2. The quantitative estimate of drug-likeness (QED) is 0.718. The second kappa shape index (κ2) is 7.53. The van der Waals surface area contributed by atoms with E-state index in [-0.39, 0.29) is 23.7 Å². The Morgan fingerprint density at radius 2 is 2.04 bits per heavy atom. The molecule has 1 aliphatic heterocycles. The third-order valence-electron chi connectivity index (χ3n) is 4.43. The molecule has 0 fully saturated rings. The molecule has 2 heterocycles. The van der Waals surface area contributed by atoms with Gasteiger partial charge in [-0.1, -0.05) is 41.9 Å². The number of halogens is 4. The molecule has 0 saturated heterocycles. The lowest BCUT2D eigenvalue weighted by Gasteiger charge is -2.34. The van der Waals surface area contributed by atoms with Gasteiger partial charge in [-0.15, -0.1) is 0 Å². The van der Waals surface area contributed by atoms with Gasteiger partial charge in [0.2, 0.25) is 0 Å². The van der Waals surface area contributed by atoms with Crippen molar-refractivity contribution in [3.8, 4) is 0 Å². The highest BCUT2D eigenvalue weighted by atomic mass is 79.9. The van der Waals surface area contributed by atoms with Crippen molar-refractivity contribution in [2.75, 3.05) is 11.9 Å². The van der Waals surface area contributed by atoms with Crippen LogP contribution >= 0.6 is 15.9 Å². The number of carbonyl (C=O) groups excluding carboxylic acids is 1. The Morgan fingerprint density at radius 1 is 1.37 bits per heavy atom. The van der Waals surface area contributed by atoms with Crippen LogP contribution in [0.2, 0.25) is 0 Å². The van der Waals surface area contributed by atoms with Crippen LogP contribution in [0.5, 0.6) is 0 Å². The highest BCUT2D eigenvalue weighted by Gasteiger charge is 2.47. The van der Waals surface area contributed by atoms with Crippen molar-refractivity contribution in [1.29, 1.82) is 0 Å². The molecule has 0 radical (unpaired) electrons. The fourth-order valence-corrected chi connectivity index (χ4v) is 3.30. The van der Waals surface area contributed by atoms with Crippen molar-refractivity contribution >= 4 is 27.7 Å². The number of hydrogen-bond donors (Lipinski definition) is 2. The smallest absolute Gasteiger partial charge is 0.363 e. The van der Waals surface area contributed by atoms with E-state index >= 15 is 0 Å². The van der Waals surface area contributed by atoms with Gasteiger partial charge in [-0.2, -0.15) is 18.3 Å². The van der Waals surface area contributed by atoms with E-state index in [1.165, 1.54) is 6.20 Å². The van der Waals surface area contributed by atoms with Crippen molar-refractivity contribution in [3.05, 3.63) is 46.1 Å². The fourth-order valence-electron chi connectivity index (χ4n) is 3.03. The fraction of sp³-hybridized carbons (Fsp3) is 0.444. The maximum atomic E-state index is 13.6. The monoisotopic (exact) mass is 444 g/mol. The van der Waals surface area contributed by atoms with E-state index in [1.807, 2.05) is 13.8 Å². The van der Waals surface area contributed by atoms with Gasteiger partial charge in [0.05, 0.1) is 12.2 Å². The Labute approximate surface area is 163 Å². The molecule has 27 heavy (non-hydrogen) atoms. The number of hydrogen-bond acceptors (Lipinski definition) is 3. The van der Waals surface area contributed by atoms with Gasteiger partial charge in [0.1, 0.15) is 11.4 Å². The lowest BCUT2D eigenvalue weighted by atomic mass is 9.96. The number of alkyl halides is 3. The van der Waals surface area contributed by atoms with Crippen LogP contribution in [0.25, 0.3) is 0 Å². The predicted octanol–water partition coefficient (Wildman–Crippen LogP) is 4.69. The van der Waals surface area contributed by atoms with E-state index in [2.05, 4.69) is 31.7 Å². The van der Waals surface area contributed by atoms with Crippen LogP contribution in [-0.2, 0) is 0 Å². The average molecular weight is 445 g/mol. The van der Waals surface area contributed by atoms with Gasteiger partial charge in [0, 0.05) is 17.4 Å². The molecule has 1 amide bonds. The number of benzene rings is 1. The number of fused-ring (bicyclic) bond motifs is 1. The van der Waals surface area contributed by atoms with Crippen LogP contribution in [0.1, 0.15) is 48.3 Å². The first-order valence-corrected chi connectivity index (χ1v) is 9.40. The zero-order valence-electron chi connectivity index (χ0n) is 14.8. The summed E-state index contributed by atoms with van der Waals surface area (Å²) in [5.41, 5.74) is 0.833. The van der Waals surface area contributed by atoms with Crippen molar-refractivity contribution in [1.82, 2.24) is 15.1 Å². The van der Waals surface area contributed by atoms with Gasteiger partial charge in [-0.25, -0.2) is 4.68 Å². The van der Waals surface area contributed by atoms with E-state index in [0.717, 1.165) is 9.15 Å². The topological polar surface area (TPSA) is 59.0 Å². The molecule has 2 aromatic rings. The molecule has 0 spiro atoms. The van der Waals surface area contributed by atoms with Crippen molar-refractivity contribution in [2.24, 2.45) is 5.92 Å². The number of rotatable bonds is 4. The summed E-state index contributed by atoms with van der Waals surface area (Å²) in [5.74, 6) is -0.112. The van der Waals surface area contributed by atoms with Gasteiger partial charge < -0.3 is 10.6 Å². The lowest BCUT2D eigenvalue weighted by molar-refractivity contribution is -0.173. The Balaban J connectivity index is 1.96. The molecule has 1 aliphatic rings. The molecule has 1 aromatic carbocycles. The summed E-state index contributed by atoms with van der Waals surface area (Å²) < 4.78 is 42.6. The van der Waals surface area contributed by atoms with Crippen LogP contribution < -0.4 is 10.6 Å². The maximum Gasteiger partial charge on any atom is 0.410 e. The number of amides is 1. The molecule has 0 aliphatic carbocycles. The van der Waals surface area contributed by atoms with E-state index in [1.54, 1.807) is 24.3 Å². The highest BCUT2D eigenvalue weighted by Crippen LogP contribution is 2.44. The summed E-state index contributed by atoms with van der Waals surface area (Å²) in [6.07, 6.45) is -3.48. The van der Waals surface area contributed by atoms with Gasteiger partial charge in [0.25, 0.3) is 5.91 Å². The molecular weight excluding hydrogens is 425 g/mol. The van der Waals surface area contributed by atoms with Gasteiger partial charge in [-0.05, 0) is 23.6 Å². The first kappa shape index (κ1) is 19.7. The molecule has 0 bridgehead atoms. The van der Waals surface area contributed by atoms with Gasteiger partial charge >= 0.3 is 6.18 Å². The van der Waals surface area contributed by atoms with Crippen LogP contribution in [0.15, 0.2) is 34.9 Å². The first-order valence-electron chi connectivity index (χ1n) is 8.61. The molecule has 0 unspecified atom stereocenters. The van der Waals surface area contributed by atoms with Gasteiger partial charge in [-0.3, -0.25) is 4.79 Å². The van der Waals surface area contributed by atoms with Gasteiger partial charge in [0.15, 0.2) is 6.04 Å². The largest absolute Gasteiger partial charge is 0.410 e. The number of anilines is 1. The highest BCUT2D eigenvalue weighted by molar-refractivity contribution is 9.10. The van der Waals surface area contributed by atoms with Crippen molar-refractivity contribution < 1.29 is 18.0 Å². The summed E-state index contributed by atoms with van der Waals surface area (Å²) in [4.78, 5) is 12.4. The Morgan fingerprint density at radius 3 is 2.63 bits per heavy atom. The normalized spacial score (nSPS) is 19.5. The van der Waals surface area contributed by atoms with Crippen LogP contribution in [0, 0.1) is 5.92 Å². The van der Waals surface area contributed by atoms with E-state index in [0.29, 0.717) is 12.1 Å². The minimum Gasteiger partial charge on any atom is -0.363 e. The number of nitrogens with one attached hydrogen (secondary N) is 2. The third kappa shape index (κ3) is 4.28. The van der Waals surface area contributed by atoms with Crippen LogP contribution in [-0.4, -0.2) is 28.4 Å².